The molecule has 0 aromatic carbocycles. The van der Waals surface area contributed by atoms with Gasteiger partial charge in [0.05, 0.1) is 12.7 Å². The van der Waals surface area contributed by atoms with Crippen molar-refractivity contribution in [3.63, 3.8) is 0 Å². The van der Waals surface area contributed by atoms with E-state index in [-0.39, 0.29) is 17.9 Å². The zero-order chi connectivity index (χ0) is 23.2. The summed E-state index contributed by atoms with van der Waals surface area (Å²) in [6.07, 6.45) is 12.9. The van der Waals surface area contributed by atoms with Crippen LogP contribution in [0.15, 0.2) is 0 Å². The lowest BCUT2D eigenvalue weighted by molar-refractivity contribution is -0.273. The van der Waals surface area contributed by atoms with Crippen LogP contribution < -0.4 is 0 Å². The van der Waals surface area contributed by atoms with Crippen molar-refractivity contribution in [2.45, 2.75) is 117 Å². The Balaban J connectivity index is 1.21. The van der Waals surface area contributed by atoms with Gasteiger partial charge in [-0.3, -0.25) is 4.79 Å². The van der Waals surface area contributed by atoms with Crippen molar-refractivity contribution in [3.8, 4) is 0 Å². The van der Waals surface area contributed by atoms with E-state index in [2.05, 4.69) is 27.7 Å². The number of ether oxygens (including phenoxy) is 3. The summed E-state index contributed by atoms with van der Waals surface area (Å²) >= 11 is 0. The summed E-state index contributed by atoms with van der Waals surface area (Å²) in [4.78, 5) is 11.5. The average Bonchev–Trinajstić information content (AvgIpc) is 3.21. The van der Waals surface area contributed by atoms with Crippen molar-refractivity contribution >= 4 is 5.97 Å². The third-order valence-electron chi connectivity index (χ3n) is 12.2. The third-order valence-corrected chi connectivity index (χ3v) is 12.2. The van der Waals surface area contributed by atoms with Gasteiger partial charge in [-0.25, -0.2) is 0 Å². The smallest absolute Gasteiger partial charge is 0.302 e. The third kappa shape index (κ3) is 3.25. The first kappa shape index (κ1) is 22.8. The first-order chi connectivity index (χ1) is 15.7. The molecule has 4 heteroatoms. The lowest BCUT2D eigenvalue weighted by Crippen LogP contribution is -2.55. The predicted octanol–water partition coefficient (Wildman–Crippen LogP) is 6.36. The van der Waals surface area contributed by atoms with E-state index in [9.17, 15) is 4.79 Å². The van der Waals surface area contributed by atoms with Crippen LogP contribution in [0.5, 0.6) is 0 Å². The molecule has 33 heavy (non-hydrogen) atoms. The van der Waals surface area contributed by atoms with Gasteiger partial charge in [-0.1, -0.05) is 27.7 Å². The van der Waals surface area contributed by atoms with E-state index in [1.807, 2.05) is 0 Å². The molecule has 4 aliphatic carbocycles. The van der Waals surface area contributed by atoms with Gasteiger partial charge in [-0.2, -0.15) is 0 Å². The van der Waals surface area contributed by atoms with E-state index >= 15 is 0 Å². The largest absolute Gasteiger partial charge is 0.463 e. The first-order valence-electron chi connectivity index (χ1n) is 14.2. The van der Waals surface area contributed by atoms with Gasteiger partial charge < -0.3 is 14.2 Å². The number of carbonyl (C=O) groups excluding carboxylic acids is 1. The van der Waals surface area contributed by atoms with Crippen molar-refractivity contribution < 1.29 is 19.0 Å². The summed E-state index contributed by atoms with van der Waals surface area (Å²) in [7, 11) is 0. The van der Waals surface area contributed by atoms with Crippen LogP contribution in [-0.2, 0) is 19.0 Å². The Hall–Kier alpha value is -0.610. The molecule has 6 rings (SSSR count). The maximum absolute atomic E-state index is 11.5. The summed E-state index contributed by atoms with van der Waals surface area (Å²) in [6, 6.07) is 0. The maximum atomic E-state index is 11.5. The zero-order valence-electron chi connectivity index (χ0n) is 21.6. The molecule has 1 spiro atoms. The number of carbonyl (C=O) groups is 1. The topological polar surface area (TPSA) is 44.8 Å². The van der Waals surface area contributed by atoms with Crippen LogP contribution in [0.4, 0.5) is 0 Å². The molecular formula is C29H46O4. The lowest BCUT2D eigenvalue weighted by Gasteiger charge is -2.61. The van der Waals surface area contributed by atoms with Gasteiger partial charge in [0.2, 0.25) is 0 Å². The molecule has 2 saturated heterocycles. The van der Waals surface area contributed by atoms with Crippen molar-refractivity contribution in [3.05, 3.63) is 0 Å². The minimum absolute atomic E-state index is 0.105. The van der Waals surface area contributed by atoms with Gasteiger partial charge in [0.25, 0.3) is 0 Å². The van der Waals surface area contributed by atoms with E-state index in [4.69, 9.17) is 14.2 Å². The molecule has 12 atom stereocenters. The molecule has 2 heterocycles. The average molecular weight is 459 g/mol. The van der Waals surface area contributed by atoms with Gasteiger partial charge >= 0.3 is 5.97 Å². The minimum atomic E-state index is -0.300. The van der Waals surface area contributed by atoms with E-state index in [1.54, 1.807) is 6.92 Å². The predicted molar refractivity (Wildman–Crippen MR) is 127 cm³/mol. The molecule has 6 fully saturated rings. The molecule has 0 N–H and O–H groups in total. The number of rotatable bonds is 1. The molecule has 0 aromatic heterocycles. The van der Waals surface area contributed by atoms with Crippen LogP contribution in [-0.4, -0.2) is 30.6 Å². The van der Waals surface area contributed by atoms with E-state index in [0.717, 1.165) is 49.5 Å². The zero-order valence-corrected chi connectivity index (χ0v) is 21.6. The Morgan fingerprint density at radius 3 is 2.42 bits per heavy atom. The van der Waals surface area contributed by atoms with Gasteiger partial charge in [-0.05, 0) is 104 Å². The monoisotopic (exact) mass is 458 g/mol. The fourth-order valence-corrected chi connectivity index (χ4v) is 10.6. The summed E-state index contributed by atoms with van der Waals surface area (Å²) in [5.74, 6) is 4.63. The molecule has 0 bridgehead atoms. The fraction of sp³-hybridized carbons (Fsp3) is 0.966. The first-order valence-corrected chi connectivity index (χ1v) is 14.2. The molecule has 0 aromatic rings. The highest BCUT2D eigenvalue weighted by molar-refractivity contribution is 5.66. The minimum Gasteiger partial charge on any atom is -0.463 e. The number of hydrogen-bond acceptors (Lipinski definition) is 4. The molecule has 0 unspecified atom stereocenters. The molecule has 2 aliphatic heterocycles. The highest BCUT2D eigenvalue weighted by atomic mass is 16.7. The lowest BCUT2D eigenvalue weighted by atomic mass is 9.44. The van der Waals surface area contributed by atoms with Crippen LogP contribution in [0.25, 0.3) is 0 Å². The molecule has 4 saturated carbocycles. The van der Waals surface area contributed by atoms with Crippen molar-refractivity contribution in [1.29, 1.82) is 0 Å². The number of esters is 1. The van der Waals surface area contributed by atoms with Crippen LogP contribution in [0.1, 0.15) is 98.8 Å². The summed E-state index contributed by atoms with van der Waals surface area (Å²) in [6.45, 7) is 12.4. The van der Waals surface area contributed by atoms with Crippen LogP contribution in [0, 0.1) is 52.3 Å². The highest BCUT2D eigenvalue weighted by Gasteiger charge is 2.69. The SMILES string of the molecule is CC(=O)O[C@H]1CC[C@@]2(C)[C@H](CC[C@@H]3[C@@H]2CC[C@]2(C)[C@@H]4[C@H](C[C@@H]32)O[C@]2(CC[C@H](C)CO2)[C@H]4C)C1. The van der Waals surface area contributed by atoms with Gasteiger partial charge in [0, 0.05) is 19.3 Å². The van der Waals surface area contributed by atoms with Gasteiger partial charge in [-0.15, -0.1) is 0 Å². The van der Waals surface area contributed by atoms with Crippen molar-refractivity contribution in [2.24, 2.45) is 52.3 Å². The summed E-state index contributed by atoms with van der Waals surface area (Å²) < 4.78 is 19.1. The number of hydrogen-bond donors (Lipinski definition) is 0. The van der Waals surface area contributed by atoms with E-state index in [1.165, 1.54) is 44.9 Å². The summed E-state index contributed by atoms with van der Waals surface area (Å²) in [5, 5.41) is 0. The fourth-order valence-electron chi connectivity index (χ4n) is 10.6. The quantitative estimate of drug-likeness (QED) is 0.429. The van der Waals surface area contributed by atoms with E-state index in [0.29, 0.717) is 34.7 Å². The number of fused-ring (bicyclic) bond motifs is 7. The Morgan fingerprint density at radius 1 is 0.909 bits per heavy atom. The second-order valence-corrected chi connectivity index (χ2v) is 13.7. The van der Waals surface area contributed by atoms with Crippen molar-refractivity contribution in [2.75, 3.05) is 6.61 Å². The summed E-state index contributed by atoms with van der Waals surface area (Å²) in [5.41, 5.74) is 0.828. The molecule has 6 aliphatic rings. The molecular weight excluding hydrogens is 412 g/mol. The van der Waals surface area contributed by atoms with Crippen LogP contribution in [0.2, 0.25) is 0 Å². The second-order valence-electron chi connectivity index (χ2n) is 13.7. The van der Waals surface area contributed by atoms with Crippen LogP contribution >= 0.6 is 0 Å². The highest BCUT2D eigenvalue weighted by Crippen LogP contribution is 2.71. The molecule has 0 amide bonds. The second kappa shape index (κ2) is 7.69. The molecule has 4 nitrogen and oxygen atoms in total. The Kier molecular flexibility index (Phi) is 5.32. The standard InChI is InChI=1S/C29H46O4/c1-17-8-13-29(31-16-17)18(2)26-25(33-29)15-24-22-7-6-20-14-21(32-19(3)30)9-11-27(20,4)23(22)10-12-28(24,26)5/h17-18,20-26H,6-16H2,1-5H3/t17-,18-,20+,21-,22+,23-,24-,25-,26-,27-,28-,29+/m0/s1. The normalized spacial score (nSPS) is 57.7. The Bertz CT molecular complexity index is 786. The molecule has 0 radical (unpaired) electrons. The van der Waals surface area contributed by atoms with Gasteiger partial charge in [0.15, 0.2) is 5.79 Å². The Labute approximate surface area is 200 Å². The van der Waals surface area contributed by atoms with Gasteiger partial charge in [0.1, 0.15) is 6.10 Å². The maximum Gasteiger partial charge on any atom is 0.302 e. The van der Waals surface area contributed by atoms with E-state index < -0.39 is 0 Å². The molecule has 186 valence electrons. The van der Waals surface area contributed by atoms with Crippen LogP contribution in [0.3, 0.4) is 0 Å². The Morgan fingerprint density at radius 2 is 1.70 bits per heavy atom. The van der Waals surface area contributed by atoms with Crippen molar-refractivity contribution in [1.82, 2.24) is 0 Å².